The van der Waals surface area contributed by atoms with Crippen molar-refractivity contribution in [3.63, 3.8) is 0 Å². The number of nitrogens with one attached hydrogen (secondary N) is 1. The van der Waals surface area contributed by atoms with E-state index in [2.05, 4.69) is 5.32 Å². The molecular formula is C13H20N2O4S. The Balaban J connectivity index is 1.79. The fourth-order valence-corrected chi connectivity index (χ4v) is 4.18. The summed E-state index contributed by atoms with van der Waals surface area (Å²) >= 11 is 1.67. The van der Waals surface area contributed by atoms with Crippen LogP contribution in [0, 0.1) is 0 Å². The van der Waals surface area contributed by atoms with Crippen molar-refractivity contribution < 1.29 is 19.5 Å². The fraction of sp³-hybridized carbons (Fsp3) is 0.769. The summed E-state index contributed by atoms with van der Waals surface area (Å²) in [6.07, 6.45) is 2.64. The third-order valence-electron chi connectivity index (χ3n) is 3.86. The predicted molar refractivity (Wildman–Crippen MR) is 75.2 cm³/mol. The van der Waals surface area contributed by atoms with Gasteiger partial charge in [0.2, 0.25) is 11.8 Å². The second-order valence-corrected chi connectivity index (χ2v) is 6.91. The minimum atomic E-state index is -0.818. The summed E-state index contributed by atoms with van der Waals surface area (Å²) in [5.74, 6) is -0.235. The van der Waals surface area contributed by atoms with Crippen LogP contribution in [-0.4, -0.2) is 51.0 Å². The molecule has 0 aromatic carbocycles. The Morgan fingerprint density at radius 3 is 2.95 bits per heavy atom. The minimum Gasteiger partial charge on any atom is -0.481 e. The normalized spacial score (nSPS) is 28.6. The number of amides is 2. The monoisotopic (exact) mass is 300 g/mol. The number of aliphatic carboxylic acids is 1. The first-order valence-corrected chi connectivity index (χ1v) is 7.88. The van der Waals surface area contributed by atoms with Gasteiger partial charge in [0.05, 0.1) is 4.87 Å². The molecule has 2 saturated heterocycles. The highest BCUT2D eigenvalue weighted by Crippen LogP contribution is 2.47. The van der Waals surface area contributed by atoms with Crippen LogP contribution in [0.2, 0.25) is 0 Å². The van der Waals surface area contributed by atoms with Crippen LogP contribution in [-0.2, 0) is 14.4 Å². The summed E-state index contributed by atoms with van der Waals surface area (Å²) < 4.78 is 0. The maximum Gasteiger partial charge on any atom is 0.303 e. The van der Waals surface area contributed by atoms with Gasteiger partial charge in [-0.3, -0.25) is 14.4 Å². The van der Waals surface area contributed by atoms with Gasteiger partial charge in [-0.25, -0.2) is 0 Å². The quantitative estimate of drug-likeness (QED) is 0.709. The first kappa shape index (κ1) is 15.2. The lowest BCUT2D eigenvalue weighted by Gasteiger charge is -2.29. The van der Waals surface area contributed by atoms with Gasteiger partial charge in [0.15, 0.2) is 0 Å². The maximum atomic E-state index is 12.1. The molecule has 0 radical (unpaired) electrons. The van der Waals surface area contributed by atoms with E-state index in [1.54, 1.807) is 16.7 Å². The van der Waals surface area contributed by atoms with Crippen molar-refractivity contribution in [2.45, 2.75) is 49.9 Å². The number of carbonyl (C=O) groups excluding carboxylic acids is 2. The van der Waals surface area contributed by atoms with Crippen LogP contribution in [0.4, 0.5) is 0 Å². The number of fused-ring (bicyclic) bond motifs is 1. The van der Waals surface area contributed by atoms with Crippen LogP contribution >= 0.6 is 11.8 Å². The van der Waals surface area contributed by atoms with Gasteiger partial charge < -0.3 is 15.3 Å². The number of hydrogen-bond donors (Lipinski definition) is 2. The summed E-state index contributed by atoms with van der Waals surface area (Å²) in [7, 11) is 0. The van der Waals surface area contributed by atoms with Crippen LogP contribution in [0.3, 0.4) is 0 Å². The highest BCUT2D eigenvalue weighted by molar-refractivity contribution is 8.01. The molecule has 112 valence electrons. The van der Waals surface area contributed by atoms with Gasteiger partial charge in [-0.1, -0.05) is 0 Å². The van der Waals surface area contributed by atoms with Crippen molar-refractivity contribution >= 4 is 29.5 Å². The Kier molecular flexibility index (Phi) is 4.57. The maximum absolute atomic E-state index is 12.1. The number of carboxylic acid groups (broad SMARTS) is 1. The number of carboxylic acids is 1. The van der Waals surface area contributed by atoms with E-state index in [1.165, 1.54) is 0 Å². The van der Waals surface area contributed by atoms with Crippen LogP contribution in [0.1, 0.15) is 39.0 Å². The van der Waals surface area contributed by atoms with E-state index in [0.29, 0.717) is 31.6 Å². The molecule has 2 N–H and O–H groups in total. The molecule has 0 aromatic heterocycles. The average molecular weight is 300 g/mol. The molecule has 2 rings (SSSR count). The second-order valence-electron chi connectivity index (χ2n) is 5.41. The van der Waals surface area contributed by atoms with E-state index in [4.69, 9.17) is 5.11 Å². The Morgan fingerprint density at radius 2 is 2.25 bits per heavy atom. The van der Waals surface area contributed by atoms with Gasteiger partial charge >= 0.3 is 5.97 Å². The number of unbranched alkanes of at least 4 members (excludes halogenated alkanes) is 1. The summed E-state index contributed by atoms with van der Waals surface area (Å²) in [5, 5.41) is 11.3. The Morgan fingerprint density at radius 1 is 1.50 bits per heavy atom. The molecule has 6 nitrogen and oxygen atoms in total. The molecule has 0 aliphatic carbocycles. The van der Waals surface area contributed by atoms with E-state index >= 15 is 0 Å². The molecule has 2 aliphatic heterocycles. The SMILES string of the molecule is CC12CCC(=O)N1C(C(=O)NCCCCC(=O)O)CS2. The lowest BCUT2D eigenvalue weighted by atomic mass is 10.2. The number of thioether (sulfide) groups is 1. The van der Waals surface area contributed by atoms with E-state index in [0.717, 1.165) is 6.42 Å². The van der Waals surface area contributed by atoms with E-state index in [9.17, 15) is 14.4 Å². The standard InChI is InChI=1S/C13H20N2O4S/c1-13-6-5-10(16)15(13)9(8-20-13)12(19)14-7-3-2-4-11(17)18/h9H,2-8H2,1H3,(H,14,19)(H,17,18). The van der Waals surface area contributed by atoms with Gasteiger partial charge in [-0.15, -0.1) is 11.8 Å². The van der Waals surface area contributed by atoms with E-state index in [1.807, 2.05) is 6.92 Å². The average Bonchev–Trinajstić information content (AvgIpc) is 2.86. The Hall–Kier alpha value is -1.24. The molecule has 2 amide bonds. The number of carbonyl (C=O) groups is 3. The number of nitrogens with zero attached hydrogens (tertiary/aromatic N) is 1. The molecule has 0 spiro atoms. The second kappa shape index (κ2) is 6.03. The number of rotatable bonds is 6. The zero-order valence-corrected chi connectivity index (χ0v) is 12.4. The Bertz CT molecular complexity index is 429. The first-order chi connectivity index (χ1) is 9.44. The Labute approximate surface area is 122 Å². The van der Waals surface area contributed by atoms with E-state index in [-0.39, 0.29) is 29.1 Å². The molecule has 0 aromatic rings. The highest BCUT2D eigenvalue weighted by atomic mass is 32.2. The molecule has 2 aliphatic rings. The van der Waals surface area contributed by atoms with Crippen LogP contribution in [0.15, 0.2) is 0 Å². The third kappa shape index (κ3) is 3.08. The summed E-state index contributed by atoms with van der Waals surface area (Å²) in [5.41, 5.74) is 0. The lowest BCUT2D eigenvalue weighted by Crippen LogP contribution is -2.50. The van der Waals surface area contributed by atoms with Gasteiger partial charge in [-0.05, 0) is 26.2 Å². The molecule has 2 atom stereocenters. The largest absolute Gasteiger partial charge is 0.481 e. The van der Waals surface area contributed by atoms with Crippen molar-refractivity contribution in [1.29, 1.82) is 0 Å². The highest BCUT2D eigenvalue weighted by Gasteiger charge is 2.52. The van der Waals surface area contributed by atoms with Crippen molar-refractivity contribution in [2.24, 2.45) is 0 Å². The zero-order valence-electron chi connectivity index (χ0n) is 11.6. The molecule has 0 saturated carbocycles. The van der Waals surface area contributed by atoms with E-state index < -0.39 is 5.97 Å². The minimum absolute atomic E-state index is 0.0588. The first-order valence-electron chi connectivity index (χ1n) is 6.90. The van der Waals surface area contributed by atoms with Gasteiger partial charge in [0.1, 0.15) is 6.04 Å². The van der Waals surface area contributed by atoms with Gasteiger partial charge in [-0.2, -0.15) is 0 Å². The van der Waals surface area contributed by atoms with Crippen LogP contribution in [0.5, 0.6) is 0 Å². The van der Waals surface area contributed by atoms with Gasteiger partial charge in [0, 0.05) is 25.1 Å². The summed E-state index contributed by atoms with van der Waals surface area (Å²) in [4.78, 5) is 35.9. The van der Waals surface area contributed by atoms with Crippen LogP contribution in [0.25, 0.3) is 0 Å². The summed E-state index contributed by atoms with van der Waals surface area (Å²) in [6, 6.07) is -0.375. The molecule has 0 bridgehead atoms. The molecule has 20 heavy (non-hydrogen) atoms. The van der Waals surface area contributed by atoms with Gasteiger partial charge in [0.25, 0.3) is 0 Å². The molecule has 2 fully saturated rings. The van der Waals surface area contributed by atoms with Crippen molar-refractivity contribution in [1.82, 2.24) is 10.2 Å². The van der Waals surface area contributed by atoms with Crippen molar-refractivity contribution in [3.8, 4) is 0 Å². The summed E-state index contributed by atoms with van der Waals surface area (Å²) in [6.45, 7) is 2.48. The molecule has 2 heterocycles. The number of hydrogen-bond acceptors (Lipinski definition) is 4. The van der Waals surface area contributed by atoms with Crippen LogP contribution < -0.4 is 5.32 Å². The van der Waals surface area contributed by atoms with Crippen molar-refractivity contribution in [3.05, 3.63) is 0 Å². The third-order valence-corrected chi connectivity index (χ3v) is 5.37. The fourth-order valence-electron chi connectivity index (χ4n) is 2.75. The lowest BCUT2D eigenvalue weighted by molar-refractivity contribution is -0.138. The van der Waals surface area contributed by atoms with Crippen molar-refractivity contribution in [2.75, 3.05) is 12.3 Å². The predicted octanol–water partition coefficient (Wildman–Crippen LogP) is 0.812. The molecule has 2 unspecified atom stereocenters. The molecule has 7 heteroatoms. The smallest absolute Gasteiger partial charge is 0.303 e. The molecular weight excluding hydrogens is 280 g/mol. The zero-order chi connectivity index (χ0) is 14.8. The topological polar surface area (TPSA) is 86.7 Å².